The first kappa shape index (κ1) is 28.6. The summed E-state index contributed by atoms with van der Waals surface area (Å²) in [5, 5.41) is 2.52. The van der Waals surface area contributed by atoms with Crippen LogP contribution in [0.2, 0.25) is 0 Å². The second-order valence-electron chi connectivity index (χ2n) is 7.90. The number of carbonyl (C=O) groups is 2. The fourth-order valence-electron chi connectivity index (χ4n) is 3.13. The number of amides is 1. The van der Waals surface area contributed by atoms with Crippen molar-refractivity contribution in [2.24, 2.45) is 0 Å². The molecule has 0 saturated carbocycles. The van der Waals surface area contributed by atoms with E-state index < -0.39 is 38.0 Å². The van der Waals surface area contributed by atoms with Gasteiger partial charge in [-0.2, -0.15) is 0 Å². The van der Waals surface area contributed by atoms with Gasteiger partial charge in [-0.3, -0.25) is 4.79 Å². The molecular formula is C23H31N3O7S2. The summed E-state index contributed by atoms with van der Waals surface area (Å²) in [6, 6.07) is 15.1. The zero-order valence-electron chi connectivity index (χ0n) is 19.4. The first-order chi connectivity index (χ1) is 16.6. The molecule has 0 heterocycles. The van der Waals surface area contributed by atoms with Crippen molar-refractivity contribution in [2.75, 3.05) is 19.4 Å². The van der Waals surface area contributed by atoms with Crippen molar-refractivity contribution in [3.05, 3.63) is 66.2 Å². The number of hydrogen-bond donors (Lipinski definition) is 3. The van der Waals surface area contributed by atoms with Crippen LogP contribution in [0, 0.1) is 0 Å². The van der Waals surface area contributed by atoms with Crippen LogP contribution in [0.5, 0.6) is 0 Å². The van der Waals surface area contributed by atoms with E-state index in [4.69, 9.17) is 4.74 Å². The van der Waals surface area contributed by atoms with Crippen molar-refractivity contribution >= 4 is 32.2 Å². The Morgan fingerprint density at radius 1 is 0.971 bits per heavy atom. The highest BCUT2D eigenvalue weighted by atomic mass is 32.2. The Balaban J connectivity index is 1.81. The molecule has 0 bridgehead atoms. The van der Waals surface area contributed by atoms with Gasteiger partial charge < -0.3 is 14.8 Å². The van der Waals surface area contributed by atoms with Gasteiger partial charge in [-0.1, -0.05) is 48.5 Å². The lowest BCUT2D eigenvalue weighted by molar-refractivity contribution is -0.126. The third kappa shape index (κ3) is 11.1. The first-order valence-corrected chi connectivity index (χ1v) is 14.4. The largest absolute Gasteiger partial charge is 0.375 e. The Kier molecular flexibility index (Phi) is 11.5. The van der Waals surface area contributed by atoms with E-state index in [2.05, 4.69) is 14.8 Å². The second kappa shape index (κ2) is 14.0. The standard InChI is InChI=1S/C23H31N3O7S2/c1-34(29,30)26-22(18-33-17-19-10-4-2-5-11-19)23(28)25-20(16-27)12-8-9-15-24-35(31,32)21-13-6-3-7-14-21/h2-7,10-11,13-14,16,20,22,24,26H,8-9,12,15,17-18H2,1H3,(H,25,28)/t20-,22+/m0/s1. The average molecular weight is 526 g/mol. The molecule has 2 aromatic rings. The Hall–Kier alpha value is -2.64. The topological polar surface area (TPSA) is 148 Å². The van der Waals surface area contributed by atoms with Crippen LogP contribution in [0.1, 0.15) is 24.8 Å². The normalized spacial score (nSPS) is 13.6. The van der Waals surface area contributed by atoms with Gasteiger partial charge in [-0.25, -0.2) is 26.3 Å². The van der Waals surface area contributed by atoms with Crippen LogP contribution in [0.25, 0.3) is 0 Å². The fourth-order valence-corrected chi connectivity index (χ4v) is 4.91. The van der Waals surface area contributed by atoms with Crippen molar-refractivity contribution < 1.29 is 31.2 Å². The second-order valence-corrected chi connectivity index (χ2v) is 11.4. The zero-order valence-corrected chi connectivity index (χ0v) is 21.1. The molecule has 10 nitrogen and oxygen atoms in total. The van der Waals surface area contributed by atoms with E-state index in [9.17, 15) is 26.4 Å². The van der Waals surface area contributed by atoms with Gasteiger partial charge >= 0.3 is 0 Å². The average Bonchev–Trinajstić information content (AvgIpc) is 2.82. The predicted molar refractivity (Wildman–Crippen MR) is 131 cm³/mol. The number of aldehydes is 1. The van der Waals surface area contributed by atoms with E-state index in [0.29, 0.717) is 19.1 Å². The van der Waals surface area contributed by atoms with Crippen molar-refractivity contribution in [1.82, 2.24) is 14.8 Å². The molecule has 0 unspecified atom stereocenters. The monoisotopic (exact) mass is 525 g/mol. The summed E-state index contributed by atoms with van der Waals surface area (Å²) < 4.78 is 58.0. The summed E-state index contributed by atoms with van der Waals surface area (Å²) >= 11 is 0. The number of carbonyl (C=O) groups excluding carboxylic acids is 2. The van der Waals surface area contributed by atoms with E-state index >= 15 is 0 Å². The molecule has 192 valence electrons. The maximum Gasteiger partial charge on any atom is 0.241 e. The fraction of sp³-hybridized carbons (Fsp3) is 0.391. The zero-order chi connectivity index (χ0) is 25.7. The minimum Gasteiger partial charge on any atom is -0.375 e. The van der Waals surface area contributed by atoms with Crippen molar-refractivity contribution in [3.63, 3.8) is 0 Å². The highest BCUT2D eigenvalue weighted by Crippen LogP contribution is 2.08. The molecule has 2 aromatic carbocycles. The van der Waals surface area contributed by atoms with Crippen molar-refractivity contribution in [1.29, 1.82) is 0 Å². The van der Waals surface area contributed by atoms with Gasteiger partial charge in [-0.15, -0.1) is 0 Å². The molecule has 0 aliphatic carbocycles. The Labute approximate surface area is 206 Å². The first-order valence-electron chi connectivity index (χ1n) is 11.0. The molecule has 0 spiro atoms. The molecule has 0 saturated heterocycles. The third-order valence-corrected chi connectivity index (χ3v) is 7.04. The summed E-state index contributed by atoms with van der Waals surface area (Å²) in [5.74, 6) is -0.689. The van der Waals surface area contributed by atoms with Crippen LogP contribution in [0.3, 0.4) is 0 Å². The van der Waals surface area contributed by atoms with Gasteiger partial charge in [0, 0.05) is 6.54 Å². The van der Waals surface area contributed by atoms with E-state index in [1.165, 1.54) is 12.1 Å². The number of ether oxygens (including phenoxy) is 1. The highest BCUT2D eigenvalue weighted by molar-refractivity contribution is 7.89. The summed E-state index contributed by atoms with van der Waals surface area (Å²) in [7, 11) is -7.32. The number of rotatable bonds is 16. The molecule has 2 rings (SSSR count). The molecule has 0 aliphatic heterocycles. The van der Waals surface area contributed by atoms with Crippen LogP contribution in [0.15, 0.2) is 65.6 Å². The van der Waals surface area contributed by atoms with Gasteiger partial charge in [0.2, 0.25) is 26.0 Å². The lowest BCUT2D eigenvalue weighted by Crippen LogP contribution is -2.51. The number of nitrogens with one attached hydrogen (secondary N) is 3. The van der Waals surface area contributed by atoms with Crippen LogP contribution < -0.4 is 14.8 Å². The highest BCUT2D eigenvalue weighted by Gasteiger charge is 2.24. The number of unbranched alkanes of at least 4 members (excludes halogenated alkanes) is 1. The lowest BCUT2D eigenvalue weighted by atomic mass is 10.1. The molecular weight excluding hydrogens is 494 g/mol. The van der Waals surface area contributed by atoms with Crippen LogP contribution in [0.4, 0.5) is 0 Å². The van der Waals surface area contributed by atoms with Gasteiger partial charge in [-0.05, 0) is 37.0 Å². The molecule has 1 amide bonds. The number of benzene rings is 2. The Bertz CT molecular complexity index is 1140. The van der Waals surface area contributed by atoms with Gasteiger partial charge in [0.05, 0.1) is 30.4 Å². The lowest BCUT2D eigenvalue weighted by Gasteiger charge is -2.20. The molecule has 12 heteroatoms. The van der Waals surface area contributed by atoms with Gasteiger partial charge in [0.1, 0.15) is 12.3 Å². The number of sulfonamides is 2. The molecule has 3 N–H and O–H groups in total. The molecule has 0 aliphatic rings. The maximum absolute atomic E-state index is 12.6. The molecule has 0 fully saturated rings. The minimum absolute atomic E-state index is 0.164. The third-order valence-electron chi connectivity index (χ3n) is 4.85. The van der Waals surface area contributed by atoms with Crippen LogP contribution in [-0.2, 0) is 41.0 Å². The predicted octanol–water partition coefficient (Wildman–Crippen LogP) is 0.954. The Morgan fingerprint density at radius 3 is 2.20 bits per heavy atom. The summed E-state index contributed by atoms with van der Waals surface area (Å²) in [4.78, 5) is 24.3. The van der Waals surface area contributed by atoms with Crippen molar-refractivity contribution in [2.45, 2.75) is 42.8 Å². The molecule has 0 aromatic heterocycles. The minimum atomic E-state index is -3.71. The van der Waals surface area contributed by atoms with Crippen LogP contribution in [-0.4, -0.2) is 60.5 Å². The molecule has 0 radical (unpaired) electrons. The smallest absolute Gasteiger partial charge is 0.241 e. The summed E-state index contributed by atoms with van der Waals surface area (Å²) in [6.07, 6.45) is 2.65. The maximum atomic E-state index is 12.6. The molecule has 2 atom stereocenters. The van der Waals surface area contributed by atoms with Crippen molar-refractivity contribution in [3.8, 4) is 0 Å². The van der Waals surface area contributed by atoms with E-state index in [-0.39, 0.29) is 31.1 Å². The van der Waals surface area contributed by atoms with E-state index in [0.717, 1.165) is 11.8 Å². The Morgan fingerprint density at radius 2 is 1.60 bits per heavy atom. The summed E-state index contributed by atoms with van der Waals surface area (Å²) in [5.41, 5.74) is 0.861. The quantitative estimate of drug-likeness (QED) is 0.218. The molecule has 35 heavy (non-hydrogen) atoms. The van der Waals surface area contributed by atoms with E-state index in [1.54, 1.807) is 18.2 Å². The number of hydrogen-bond acceptors (Lipinski definition) is 7. The van der Waals surface area contributed by atoms with Gasteiger partial charge in [0.15, 0.2) is 0 Å². The summed E-state index contributed by atoms with van der Waals surface area (Å²) in [6.45, 7) is 0.134. The van der Waals surface area contributed by atoms with Crippen LogP contribution >= 0.6 is 0 Å². The SMILES string of the molecule is CS(=O)(=O)N[C@H](COCc1ccccc1)C(=O)N[C@H](C=O)CCCCNS(=O)(=O)c1ccccc1. The van der Waals surface area contributed by atoms with E-state index in [1.807, 2.05) is 30.3 Å². The van der Waals surface area contributed by atoms with Gasteiger partial charge in [0.25, 0.3) is 0 Å².